The van der Waals surface area contributed by atoms with E-state index in [0.29, 0.717) is 0 Å². The highest BCUT2D eigenvalue weighted by Gasteiger charge is 2.31. The Morgan fingerprint density at radius 3 is 2.94 bits per heavy atom. The van der Waals surface area contributed by atoms with Crippen LogP contribution in [0.1, 0.15) is 46.0 Å². The van der Waals surface area contributed by atoms with Gasteiger partial charge in [-0.05, 0) is 50.0 Å². The first-order valence-corrected chi connectivity index (χ1v) is 6.15. The van der Waals surface area contributed by atoms with Crippen molar-refractivity contribution in [2.75, 3.05) is 0 Å². The van der Waals surface area contributed by atoms with E-state index in [1.807, 2.05) is 12.2 Å². The average Bonchev–Trinajstić information content (AvgIpc) is 2.21. The Morgan fingerprint density at radius 1 is 1.69 bits per heavy atom. The molecule has 0 radical (unpaired) electrons. The van der Waals surface area contributed by atoms with E-state index in [1.54, 1.807) is 0 Å². The number of allylic oxidation sites excluding steroid dienone is 3. The molecule has 0 saturated heterocycles. The third kappa shape index (κ3) is 3.34. The zero-order valence-corrected chi connectivity index (χ0v) is 10.6. The van der Waals surface area contributed by atoms with Gasteiger partial charge in [0.25, 0.3) is 0 Å². The van der Waals surface area contributed by atoms with Gasteiger partial charge in [0.05, 0.1) is 6.10 Å². The lowest BCUT2D eigenvalue weighted by Crippen LogP contribution is -2.26. The van der Waals surface area contributed by atoms with Gasteiger partial charge in [-0.2, -0.15) is 0 Å². The van der Waals surface area contributed by atoms with Gasteiger partial charge in [0, 0.05) is 0 Å². The maximum absolute atomic E-state index is 9.62. The molecule has 0 aromatic carbocycles. The minimum atomic E-state index is -0.276. The van der Waals surface area contributed by atoms with Gasteiger partial charge >= 0.3 is 0 Å². The van der Waals surface area contributed by atoms with Crippen LogP contribution in [-0.2, 0) is 0 Å². The van der Waals surface area contributed by atoms with Crippen molar-refractivity contribution in [3.63, 3.8) is 0 Å². The normalized spacial score (nSPS) is 29.7. The van der Waals surface area contributed by atoms with Gasteiger partial charge < -0.3 is 5.11 Å². The molecule has 90 valence electrons. The van der Waals surface area contributed by atoms with Crippen LogP contribution in [0, 0.1) is 5.41 Å². The van der Waals surface area contributed by atoms with Gasteiger partial charge in [-0.3, -0.25) is 0 Å². The summed E-state index contributed by atoms with van der Waals surface area (Å²) in [5, 5.41) is 9.62. The van der Waals surface area contributed by atoms with Gasteiger partial charge in [-0.25, -0.2) is 0 Å². The summed E-state index contributed by atoms with van der Waals surface area (Å²) in [6.07, 6.45) is 8.96. The molecule has 2 atom stereocenters. The maximum atomic E-state index is 9.62. The molecule has 0 amide bonds. The first kappa shape index (κ1) is 13.2. The predicted molar refractivity (Wildman–Crippen MR) is 70.3 cm³/mol. The topological polar surface area (TPSA) is 20.2 Å². The van der Waals surface area contributed by atoms with Crippen molar-refractivity contribution in [2.24, 2.45) is 5.41 Å². The Balaban J connectivity index is 2.64. The number of aliphatic hydroxyl groups is 1. The van der Waals surface area contributed by atoms with E-state index in [2.05, 4.69) is 27.0 Å². The van der Waals surface area contributed by atoms with Crippen LogP contribution in [0.25, 0.3) is 0 Å². The monoisotopic (exact) mass is 220 g/mol. The third-order valence-corrected chi connectivity index (χ3v) is 3.61. The molecule has 0 aliphatic heterocycles. The van der Waals surface area contributed by atoms with E-state index < -0.39 is 0 Å². The van der Waals surface area contributed by atoms with E-state index in [1.165, 1.54) is 17.6 Å². The summed E-state index contributed by atoms with van der Waals surface area (Å²) in [7, 11) is 0. The van der Waals surface area contributed by atoms with Crippen molar-refractivity contribution in [1.29, 1.82) is 0 Å². The van der Waals surface area contributed by atoms with Gasteiger partial charge in [0.1, 0.15) is 0 Å². The molecule has 16 heavy (non-hydrogen) atoms. The lowest BCUT2D eigenvalue weighted by Gasteiger charge is -2.36. The summed E-state index contributed by atoms with van der Waals surface area (Å²) in [5.74, 6) is 0. The van der Waals surface area contributed by atoms with Crippen molar-refractivity contribution in [3.05, 3.63) is 36.5 Å². The number of hydrogen-bond acceptors (Lipinski definition) is 1. The fourth-order valence-corrected chi connectivity index (χ4v) is 2.47. The molecule has 1 unspecified atom stereocenters. The summed E-state index contributed by atoms with van der Waals surface area (Å²) in [5.41, 5.74) is 2.67. The van der Waals surface area contributed by atoms with Gasteiger partial charge in [-0.15, -0.1) is 6.58 Å². The van der Waals surface area contributed by atoms with E-state index >= 15 is 0 Å². The lowest BCUT2D eigenvalue weighted by molar-refractivity contribution is 0.165. The van der Waals surface area contributed by atoms with Crippen LogP contribution in [0.3, 0.4) is 0 Å². The Labute approximate surface area is 99.6 Å². The Kier molecular flexibility index (Phi) is 4.55. The average molecular weight is 220 g/mol. The van der Waals surface area contributed by atoms with E-state index in [-0.39, 0.29) is 11.5 Å². The third-order valence-electron chi connectivity index (χ3n) is 3.61. The molecule has 1 nitrogen and oxygen atoms in total. The molecule has 1 heteroatoms. The molecule has 0 fully saturated rings. The van der Waals surface area contributed by atoms with Crippen molar-refractivity contribution in [2.45, 2.75) is 52.1 Å². The van der Waals surface area contributed by atoms with Crippen molar-refractivity contribution in [3.8, 4) is 0 Å². The smallest absolute Gasteiger partial charge is 0.0727 e. The molecule has 1 aliphatic carbocycles. The molecule has 1 rings (SSSR count). The fourth-order valence-electron chi connectivity index (χ4n) is 2.47. The second-order valence-corrected chi connectivity index (χ2v) is 5.30. The van der Waals surface area contributed by atoms with Gasteiger partial charge in [0.2, 0.25) is 0 Å². The summed E-state index contributed by atoms with van der Waals surface area (Å²) >= 11 is 0. The highest BCUT2D eigenvalue weighted by atomic mass is 16.3. The molecule has 0 aromatic rings. The Bertz CT molecular complexity index is 301. The van der Waals surface area contributed by atoms with Crippen LogP contribution in [0.5, 0.6) is 0 Å². The van der Waals surface area contributed by atoms with Gasteiger partial charge in [-0.1, -0.05) is 31.2 Å². The highest BCUT2D eigenvalue weighted by Crippen LogP contribution is 2.42. The van der Waals surface area contributed by atoms with E-state index in [4.69, 9.17) is 0 Å². The minimum Gasteiger partial charge on any atom is -0.389 e. The van der Waals surface area contributed by atoms with E-state index in [0.717, 1.165) is 25.7 Å². The first-order chi connectivity index (χ1) is 7.48. The SMILES string of the molecule is C=CC1=CC(O)CC[C@@]1(C)CCCC(=C)C. The fraction of sp³-hybridized carbons (Fsp3) is 0.600. The zero-order valence-electron chi connectivity index (χ0n) is 10.6. The van der Waals surface area contributed by atoms with E-state index in [9.17, 15) is 5.11 Å². The van der Waals surface area contributed by atoms with Crippen LogP contribution < -0.4 is 0 Å². The molecule has 1 N–H and O–H groups in total. The summed E-state index contributed by atoms with van der Waals surface area (Å²) in [6.45, 7) is 12.2. The largest absolute Gasteiger partial charge is 0.389 e. The van der Waals surface area contributed by atoms with Crippen LogP contribution in [0.4, 0.5) is 0 Å². The second kappa shape index (κ2) is 5.49. The summed E-state index contributed by atoms with van der Waals surface area (Å²) in [4.78, 5) is 0. The Hall–Kier alpha value is -0.820. The molecule has 0 spiro atoms. The molecular weight excluding hydrogens is 196 g/mol. The van der Waals surface area contributed by atoms with Crippen LogP contribution >= 0.6 is 0 Å². The highest BCUT2D eigenvalue weighted by molar-refractivity contribution is 5.28. The number of aliphatic hydroxyl groups excluding tert-OH is 1. The van der Waals surface area contributed by atoms with Crippen molar-refractivity contribution >= 4 is 0 Å². The lowest BCUT2D eigenvalue weighted by atomic mass is 9.70. The number of rotatable bonds is 5. The number of hydrogen-bond donors (Lipinski definition) is 1. The predicted octanol–water partition coefficient (Wildman–Crippen LogP) is 4.01. The minimum absolute atomic E-state index is 0.205. The Morgan fingerprint density at radius 2 is 2.38 bits per heavy atom. The van der Waals surface area contributed by atoms with Crippen LogP contribution in [-0.4, -0.2) is 11.2 Å². The molecular formula is C15H24O. The zero-order chi connectivity index (χ0) is 12.2. The molecule has 0 aromatic heterocycles. The quantitative estimate of drug-likeness (QED) is 0.694. The molecule has 0 saturated carbocycles. The van der Waals surface area contributed by atoms with Crippen LogP contribution in [0.2, 0.25) is 0 Å². The van der Waals surface area contributed by atoms with Crippen molar-refractivity contribution in [1.82, 2.24) is 0 Å². The standard InChI is InChI=1S/C15H24O/c1-5-13-11-14(16)8-10-15(13,4)9-6-7-12(2)3/h5,11,14,16H,1-2,6-10H2,3-4H3/t14?,15-/m1/s1. The molecule has 0 heterocycles. The summed E-state index contributed by atoms with van der Waals surface area (Å²) in [6, 6.07) is 0. The van der Waals surface area contributed by atoms with Crippen LogP contribution in [0.15, 0.2) is 36.5 Å². The summed E-state index contributed by atoms with van der Waals surface area (Å²) < 4.78 is 0. The molecule has 0 bridgehead atoms. The maximum Gasteiger partial charge on any atom is 0.0727 e. The molecule has 1 aliphatic rings. The first-order valence-electron chi connectivity index (χ1n) is 6.15. The van der Waals surface area contributed by atoms with Gasteiger partial charge in [0.15, 0.2) is 0 Å². The second-order valence-electron chi connectivity index (χ2n) is 5.30. The van der Waals surface area contributed by atoms with Crippen molar-refractivity contribution < 1.29 is 5.11 Å².